The largest absolute Gasteiger partial charge is 0.369 e. The average molecular weight is 396 g/mol. The van der Waals surface area contributed by atoms with Crippen LogP contribution in [0.1, 0.15) is 11.4 Å². The lowest BCUT2D eigenvalue weighted by Gasteiger charge is -2.35. The lowest BCUT2D eigenvalue weighted by Crippen LogP contribution is -2.47. The third-order valence-corrected chi connectivity index (χ3v) is 5.15. The Labute approximate surface area is 168 Å². The SMILES string of the molecule is Fc1ccc(N2CCN(Cn3[nH]c(/C=C/c4ccccc4)nc3=S)CC2)cc1. The van der Waals surface area contributed by atoms with Gasteiger partial charge in [-0.15, -0.1) is 0 Å². The number of aromatic amines is 1. The molecule has 0 saturated carbocycles. The average Bonchev–Trinajstić information content (AvgIpc) is 3.08. The van der Waals surface area contributed by atoms with Crippen LogP contribution in [0.15, 0.2) is 54.6 Å². The lowest BCUT2D eigenvalue weighted by atomic mass is 10.2. The molecule has 0 amide bonds. The van der Waals surface area contributed by atoms with E-state index in [1.807, 2.05) is 59.3 Å². The standard InChI is InChI=1S/C21H22FN5S/c22-18-7-9-19(10-8-18)26-14-12-25(13-15-26)16-27-21(28)23-20(24-27)11-6-17-4-2-1-3-5-17/h1-11H,12-16H2,(H,23,24,28)/b11-6+. The van der Waals surface area contributed by atoms with E-state index in [0.717, 1.165) is 43.3 Å². The summed E-state index contributed by atoms with van der Waals surface area (Å²) in [6.07, 6.45) is 3.95. The minimum absolute atomic E-state index is 0.201. The second-order valence-electron chi connectivity index (χ2n) is 6.79. The van der Waals surface area contributed by atoms with Gasteiger partial charge in [-0.25, -0.2) is 9.07 Å². The second kappa shape index (κ2) is 8.50. The minimum atomic E-state index is -0.201. The van der Waals surface area contributed by atoms with Gasteiger partial charge in [0.1, 0.15) is 11.6 Å². The molecule has 5 nitrogen and oxygen atoms in total. The molecule has 1 saturated heterocycles. The van der Waals surface area contributed by atoms with E-state index in [2.05, 4.69) is 19.9 Å². The highest BCUT2D eigenvalue weighted by Gasteiger charge is 2.18. The molecule has 0 aliphatic carbocycles. The summed E-state index contributed by atoms with van der Waals surface area (Å²) in [6.45, 7) is 4.30. The molecule has 0 spiro atoms. The van der Waals surface area contributed by atoms with Crippen molar-refractivity contribution in [2.75, 3.05) is 31.1 Å². The summed E-state index contributed by atoms with van der Waals surface area (Å²) in [5.41, 5.74) is 2.18. The fourth-order valence-electron chi connectivity index (χ4n) is 3.28. The number of hydrogen-bond acceptors (Lipinski definition) is 4. The Morgan fingerprint density at radius 3 is 2.39 bits per heavy atom. The van der Waals surface area contributed by atoms with Gasteiger partial charge in [-0.1, -0.05) is 36.4 Å². The van der Waals surface area contributed by atoms with Crippen LogP contribution < -0.4 is 4.90 Å². The number of benzene rings is 2. The molecule has 3 aromatic rings. The maximum atomic E-state index is 13.1. The van der Waals surface area contributed by atoms with Gasteiger partial charge in [0.2, 0.25) is 4.77 Å². The molecule has 2 aromatic carbocycles. The number of nitrogens with one attached hydrogen (secondary N) is 1. The van der Waals surface area contributed by atoms with E-state index in [-0.39, 0.29) is 5.82 Å². The minimum Gasteiger partial charge on any atom is -0.369 e. The van der Waals surface area contributed by atoms with Gasteiger partial charge in [-0.2, -0.15) is 4.98 Å². The summed E-state index contributed by atoms with van der Waals surface area (Å²) in [6, 6.07) is 16.8. The van der Waals surface area contributed by atoms with Crippen molar-refractivity contribution in [1.29, 1.82) is 0 Å². The zero-order valence-electron chi connectivity index (χ0n) is 15.5. The van der Waals surface area contributed by atoms with Gasteiger partial charge >= 0.3 is 0 Å². The van der Waals surface area contributed by atoms with Gasteiger partial charge in [0.05, 0.1) is 6.67 Å². The maximum Gasteiger partial charge on any atom is 0.217 e. The number of H-pyrrole nitrogens is 1. The first-order valence-corrected chi connectivity index (χ1v) is 9.71. The predicted octanol–water partition coefficient (Wildman–Crippen LogP) is 4.03. The first-order chi connectivity index (χ1) is 13.7. The summed E-state index contributed by atoms with van der Waals surface area (Å²) in [7, 11) is 0. The fraction of sp³-hybridized carbons (Fsp3) is 0.238. The molecular formula is C21H22FN5S. The van der Waals surface area contributed by atoms with Crippen LogP contribution in [0, 0.1) is 10.6 Å². The first kappa shape index (κ1) is 18.6. The van der Waals surface area contributed by atoms with Crippen LogP contribution in [0.3, 0.4) is 0 Å². The highest BCUT2D eigenvalue weighted by atomic mass is 32.1. The Morgan fingerprint density at radius 2 is 1.68 bits per heavy atom. The Balaban J connectivity index is 1.35. The molecule has 0 radical (unpaired) electrons. The number of aromatic nitrogens is 3. The third-order valence-electron chi connectivity index (χ3n) is 4.84. The van der Waals surface area contributed by atoms with Crippen molar-refractivity contribution >= 4 is 30.1 Å². The van der Waals surface area contributed by atoms with Crippen molar-refractivity contribution in [3.8, 4) is 0 Å². The Hall–Kier alpha value is -2.77. The molecule has 4 rings (SSSR count). The molecule has 1 fully saturated rings. The summed E-state index contributed by atoms with van der Waals surface area (Å²) >= 11 is 5.40. The van der Waals surface area contributed by atoms with Crippen molar-refractivity contribution in [2.45, 2.75) is 6.67 Å². The van der Waals surface area contributed by atoms with Gasteiger partial charge in [0.25, 0.3) is 0 Å². The highest BCUT2D eigenvalue weighted by Crippen LogP contribution is 2.17. The molecule has 0 unspecified atom stereocenters. The van der Waals surface area contributed by atoms with Gasteiger partial charge in [-0.3, -0.25) is 10.00 Å². The van der Waals surface area contributed by atoms with E-state index in [0.29, 0.717) is 11.4 Å². The van der Waals surface area contributed by atoms with Crippen LogP contribution >= 0.6 is 12.2 Å². The van der Waals surface area contributed by atoms with Crippen molar-refractivity contribution in [2.24, 2.45) is 0 Å². The monoisotopic (exact) mass is 395 g/mol. The number of hydrogen-bond donors (Lipinski definition) is 1. The Morgan fingerprint density at radius 1 is 0.964 bits per heavy atom. The second-order valence-corrected chi connectivity index (χ2v) is 7.15. The van der Waals surface area contributed by atoms with Crippen molar-refractivity contribution in [3.05, 3.63) is 76.6 Å². The topological polar surface area (TPSA) is 40.1 Å². The normalized spacial score (nSPS) is 15.4. The van der Waals surface area contributed by atoms with Crippen LogP contribution in [0.4, 0.5) is 10.1 Å². The molecule has 0 atom stereocenters. The summed E-state index contributed by atoms with van der Waals surface area (Å²) in [5.74, 6) is 0.548. The summed E-state index contributed by atoms with van der Waals surface area (Å²) in [4.78, 5) is 9.03. The van der Waals surface area contributed by atoms with Crippen molar-refractivity contribution in [1.82, 2.24) is 19.7 Å². The van der Waals surface area contributed by atoms with E-state index in [1.54, 1.807) is 0 Å². The molecule has 1 aliphatic heterocycles. The van der Waals surface area contributed by atoms with Crippen LogP contribution in [0.5, 0.6) is 0 Å². The molecule has 28 heavy (non-hydrogen) atoms. The van der Waals surface area contributed by atoms with Gasteiger partial charge in [-0.05, 0) is 48.1 Å². The smallest absolute Gasteiger partial charge is 0.217 e. The van der Waals surface area contributed by atoms with E-state index in [9.17, 15) is 4.39 Å². The number of anilines is 1. The Kier molecular flexibility index (Phi) is 5.64. The van der Waals surface area contributed by atoms with E-state index in [1.165, 1.54) is 12.1 Å². The molecule has 1 aromatic heterocycles. The van der Waals surface area contributed by atoms with Gasteiger partial charge in [0.15, 0.2) is 0 Å². The molecule has 1 aliphatic rings. The number of halogens is 1. The quantitative estimate of drug-likeness (QED) is 0.662. The molecule has 1 N–H and O–H groups in total. The summed E-state index contributed by atoms with van der Waals surface area (Å²) in [5, 5.41) is 3.27. The number of rotatable bonds is 5. The maximum absolute atomic E-state index is 13.1. The highest BCUT2D eigenvalue weighted by molar-refractivity contribution is 7.71. The zero-order valence-corrected chi connectivity index (χ0v) is 16.3. The molecule has 144 valence electrons. The molecule has 7 heteroatoms. The molecule has 0 bridgehead atoms. The van der Waals surface area contributed by atoms with Crippen molar-refractivity contribution < 1.29 is 4.39 Å². The lowest BCUT2D eigenvalue weighted by molar-refractivity contribution is 0.194. The first-order valence-electron chi connectivity index (χ1n) is 9.30. The van der Waals surface area contributed by atoms with Gasteiger partial charge < -0.3 is 4.90 Å². The summed E-state index contributed by atoms with van der Waals surface area (Å²) < 4.78 is 15.5. The van der Waals surface area contributed by atoms with Crippen LogP contribution in [0.2, 0.25) is 0 Å². The fourth-order valence-corrected chi connectivity index (χ4v) is 3.49. The van der Waals surface area contributed by atoms with E-state index in [4.69, 9.17) is 12.2 Å². The number of piperazine rings is 1. The molecule has 2 heterocycles. The van der Waals surface area contributed by atoms with E-state index < -0.39 is 0 Å². The molecular weight excluding hydrogens is 373 g/mol. The van der Waals surface area contributed by atoms with Gasteiger partial charge in [0, 0.05) is 31.9 Å². The van der Waals surface area contributed by atoms with Crippen molar-refractivity contribution in [3.63, 3.8) is 0 Å². The predicted molar refractivity (Wildman–Crippen MR) is 113 cm³/mol. The third kappa shape index (κ3) is 4.55. The van der Waals surface area contributed by atoms with Crippen LogP contribution in [-0.4, -0.2) is 45.8 Å². The Bertz CT molecular complexity index is 986. The van der Waals surface area contributed by atoms with Crippen LogP contribution in [-0.2, 0) is 6.67 Å². The van der Waals surface area contributed by atoms with Crippen LogP contribution in [0.25, 0.3) is 12.2 Å². The van der Waals surface area contributed by atoms with E-state index >= 15 is 0 Å². The number of nitrogens with zero attached hydrogens (tertiary/aromatic N) is 4. The zero-order chi connectivity index (χ0) is 19.3.